The zero-order valence-corrected chi connectivity index (χ0v) is 38.9. The number of azo groups is 3. The average Bonchev–Trinajstić information content (AvgIpc) is 3.31. The van der Waals surface area contributed by atoms with E-state index in [1.165, 1.54) is 36.4 Å². The van der Waals surface area contributed by atoms with Crippen molar-refractivity contribution in [1.29, 1.82) is 0 Å². The van der Waals surface area contributed by atoms with Gasteiger partial charge in [0.15, 0.2) is 5.75 Å². The SMILES string of the molecule is O=S(=O)(O)c1cc(O)c2c(N=Nc3ccc(N=Nc4ccc(N=Nc5c(S(=O)(=O)O)cc6cc(Nc7ccccc7)ccc6c5O)c5cc(S(=O)(=O)O)ccc45)c4ccccc34)cc(S(=O)(=O)O)cc2c1. The Hall–Kier alpha value is -8.14. The van der Waals surface area contributed by atoms with Crippen LogP contribution >= 0.6 is 0 Å². The number of anilines is 2. The smallest absolute Gasteiger partial charge is 0.296 e. The van der Waals surface area contributed by atoms with E-state index >= 15 is 0 Å². The van der Waals surface area contributed by atoms with Crippen molar-refractivity contribution in [2.24, 2.45) is 30.7 Å². The minimum atomic E-state index is -5.04. The van der Waals surface area contributed by atoms with Gasteiger partial charge in [0.05, 0.1) is 48.5 Å². The van der Waals surface area contributed by atoms with E-state index in [-0.39, 0.29) is 60.8 Å². The molecule has 0 aliphatic rings. The van der Waals surface area contributed by atoms with Gasteiger partial charge in [0.25, 0.3) is 40.5 Å². The summed E-state index contributed by atoms with van der Waals surface area (Å²) in [5, 5.41) is 51.9. The molecule has 0 atom stereocenters. The molecule has 0 aliphatic heterocycles. The fourth-order valence-corrected chi connectivity index (χ4v) is 9.83. The monoisotopic (exact) mass is 1030 g/mol. The molecule has 0 saturated heterocycles. The van der Waals surface area contributed by atoms with E-state index in [1.54, 1.807) is 36.4 Å². The molecule has 21 nitrogen and oxygen atoms in total. The van der Waals surface area contributed by atoms with E-state index in [4.69, 9.17) is 0 Å². The van der Waals surface area contributed by atoms with Gasteiger partial charge >= 0.3 is 0 Å². The van der Waals surface area contributed by atoms with Crippen molar-refractivity contribution in [3.8, 4) is 11.5 Å². The number of aromatic hydroxyl groups is 2. The molecule has 0 aliphatic carbocycles. The summed E-state index contributed by atoms with van der Waals surface area (Å²) in [6.45, 7) is 0. The fourth-order valence-electron chi connectivity index (χ4n) is 7.60. The van der Waals surface area contributed by atoms with Crippen LogP contribution in [0.15, 0.2) is 196 Å². The summed E-state index contributed by atoms with van der Waals surface area (Å²) in [6.07, 6.45) is 0. The molecule has 7 N–H and O–H groups in total. The molecule has 0 heterocycles. The minimum Gasteiger partial charge on any atom is -0.507 e. The van der Waals surface area contributed by atoms with Crippen LogP contribution in [0.4, 0.5) is 45.5 Å². The third-order valence-corrected chi connectivity index (χ3v) is 14.2. The van der Waals surface area contributed by atoms with Gasteiger partial charge in [-0.25, -0.2) is 0 Å². The predicted molar refractivity (Wildman–Crippen MR) is 261 cm³/mol. The number of fused-ring (bicyclic) bond motifs is 4. The van der Waals surface area contributed by atoms with Gasteiger partial charge in [0, 0.05) is 44.4 Å². The van der Waals surface area contributed by atoms with Crippen LogP contribution in [0.1, 0.15) is 0 Å². The Labute approximate surface area is 401 Å². The van der Waals surface area contributed by atoms with Gasteiger partial charge in [0.2, 0.25) is 0 Å². The lowest BCUT2D eigenvalue weighted by Crippen LogP contribution is -2.00. The molecular weight excluding hydrogens is 1000 g/mol. The topological polar surface area (TPSA) is 344 Å². The average molecular weight is 1030 g/mol. The summed E-state index contributed by atoms with van der Waals surface area (Å²) in [5.41, 5.74) is 0.854. The van der Waals surface area contributed by atoms with Crippen LogP contribution in [0.2, 0.25) is 0 Å². The standard InChI is InChI=1S/C46H31N7O14S4/c54-42-24-31(70(62,63)64)20-26-19-30(69(59,60)61)23-41(44(26)42)52-50-38-15-14-37(33-8-4-5-9-34(33)38)48-49-39-16-17-40(36-22-29(68(56,57)58)11-13-35(36)39)51-53-45-43(71(65,66)67)21-25-18-28(10-12-32(25)46(45)55)47-27-6-2-1-3-7-27/h1-24,47,54-55H,(H,56,57,58)(H,59,60,61)(H,62,63,64)(H,65,66,67). The molecule has 25 heteroatoms. The number of benzene rings is 9. The molecule has 0 bridgehead atoms. The molecule has 0 amide bonds. The first-order valence-corrected chi connectivity index (χ1v) is 26.0. The summed E-state index contributed by atoms with van der Waals surface area (Å²) in [5.74, 6) is -1.35. The van der Waals surface area contributed by atoms with Crippen LogP contribution in [0.3, 0.4) is 0 Å². The molecule has 0 aromatic heterocycles. The number of nitrogens with zero attached hydrogens (tertiary/aromatic N) is 6. The molecule has 358 valence electrons. The Morgan fingerprint density at radius 3 is 1.42 bits per heavy atom. The number of phenols is 2. The van der Waals surface area contributed by atoms with Crippen LogP contribution in [0, 0.1) is 0 Å². The van der Waals surface area contributed by atoms with Crippen LogP contribution in [0.25, 0.3) is 43.1 Å². The maximum Gasteiger partial charge on any atom is 0.296 e. The highest BCUT2D eigenvalue weighted by molar-refractivity contribution is 7.86. The van der Waals surface area contributed by atoms with Crippen molar-refractivity contribution >= 4 is 129 Å². The maximum atomic E-state index is 12.7. The summed E-state index contributed by atoms with van der Waals surface area (Å²) in [7, 11) is -19.6. The third kappa shape index (κ3) is 9.87. The third-order valence-electron chi connectivity index (χ3n) is 10.8. The molecular formula is C46H31N7O14S4. The number of nitrogens with one attached hydrogen (secondary N) is 1. The van der Waals surface area contributed by atoms with Gasteiger partial charge < -0.3 is 15.5 Å². The number of hydrogen-bond donors (Lipinski definition) is 7. The second-order valence-corrected chi connectivity index (χ2v) is 21.1. The lowest BCUT2D eigenvalue weighted by Gasteiger charge is -2.12. The number of para-hydroxylation sites is 1. The van der Waals surface area contributed by atoms with Crippen LogP contribution in [0.5, 0.6) is 11.5 Å². The van der Waals surface area contributed by atoms with Crippen LogP contribution < -0.4 is 5.32 Å². The van der Waals surface area contributed by atoms with Crippen molar-refractivity contribution in [2.45, 2.75) is 19.6 Å². The Morgan fingerprint density at radius 1 is 0.366 bits per heavy atom. The second-order valence-electron chi connectivity index (χ2n) is 15.4. The first-order valence-electron chi connectivity index (χ1n) is 20.2. The largest absolute Gasteiger partial charge is 0.507 e. The fraction of sp³-hybridized carbons (Fsp3) is 0. The summed E-state index contributed by atoms with van der Waals surface area (Å²) < 4.78 is 138. The Bertz CT molecular complexity index is 4290. The summed E-state index contributed by atoms with van der Waals surface area (Å²) >= 11 is 0. The Kier molecular flexibility index (Phi) is 12.1. The summed E-state index contributed by atoms with van der Waals surface area (Å²) in [4.78, 5) is -2.80. The Balaban J connectivity index is 1.09. The summed E-state index contributed by atoms with van der Waals surface area (Å²) in [6, 6.07) is 34.2. The zero-order chi connectivity index (χ0) is 50.6. The van der Waals surface area contributed by atoms with E-state index in [1.807, 2.05) is 30.3 Å². The second kappa shape index (κ2) is 18.0. The molecule has 9 aromatic rings. The van der Waals surface area contributed by atoms with Crippen LogP contribution in [-0.4, -0.2) is 62.1 Å². The van der Waals surface area contributed by atoms with Gasteiger partial charge in [-0.3, -0.25) is 18.2 Å². The lowest BCUT2D eigenvalue weighted by molar-refractivity contribution is 0.470. The molecule has 9 rings (SSSR count). The van der Waals surface area contributed by atoms with Gasteiger partial charge in [-0.15, -0.1) is 30.7 Å². The van der Waals surface area contributed by atoms with E-state index in [0.29, 0.717) is 16.5 Å². The van der Waals surface area contributed by atoms with Crippen molar-refractivity contribution in [2.75, 3.05) is 5.32 Å². The maximum absolute atomic E-state index is 12.7. The van der Waals surface area contributed by atoms with Gasteiger partial charge in [0.1, 0.15) is 16.3 Å². The number of phenolic OH excluding ortho intramolecular Hbond substituents is 2. The minimum absolute atomic E-state index is 0.0251. The van der Waals surface area contributed by atoms with E-state index < -0.39 is 77.2 Å². The van der Waals surface area contributed by atoms with E-state index in [9.17, 15) is 62.1 Å². The van der Waals surface area contributed by atoms with Gasteiger partial charge in [-0.2, -0.15) is 33.7 Å². The first-order chi connectivity index (χ1) is 33.5. The van der Waals surface area contributed by atoms with Crippen molar-refractivity contribution in [3.63, 3.8) is 0 Å². The first kappa shape index (κ1) is 47.9. The van der Waals surface area contributed by atoms with Gasteiger partial charge in [-0.05, 0) is 102 Å². The molecule has 0 fully saturated rings. The lowest BCUT2D eigenvalue weighted by atomic mass is 10.1. The van der Waals surface area contributed by atoms with Gasteiger partial charge in [-0.1, -0.05) is 48.5 Å². The van der Waals surface area contributed by atoms with Crippen LogP contribution in [-0.2, 0) is 40.5 Å². The zero-order valence-electron chi connectivity index (χ0n) is 35.6. The molecule has 0 unspecified atom stereocenters. The highest BCUT2D eigenvalue weighted by Gasteiger charge is 2.24. The highest BCUT2D eigenvalue weighted by atomic mass is 32.2. The molecule has 71 heavy (non-hydrogen) atoms. The molecule has 0 radical (unpaired) electrons. The Morgan fingerprint density at radius 2 is 0.859 bits per heavy atom. The molecule has 0 saturated carbocycles. The van der Waals surface area contributed by atoms with Crippen molar-refractivity contribution in [1.82, 2.24) is 0 Å². The van der Waals surface area contributed by atoms with Crippen molar-refractivity contribution in [3.05, 3.63) is 146 Å². The number of rotatable bonds is 12. The van der Waals surface area contributed by atoms with E-state index in [2.05, 4.69) is 36.0 Å². The quantitative estimate of drug-likeness (QED) is 0.0442. The highest BCUT2D eigenvalue weighted by Crippen LogP contribution is 2.45. The molecule has 0 spiro atoms. The van der Waals surface area contributed by atoms with Crippen molar-refractivity contribution < 1.29 is 62.1 Å². The number of hydrogen-bond acceptors (Lipinski definition) is 17. The molecule has 9 aromatic carbocycles. The predicted octanol–water partition coefficient (Wildman–Crippen LogP) is 11.7. The normalized spacial score (nSPS) is 12.9. The van der Waals surface area contributed by atoms with E-state index in [0.717, 1.165) is 48.2 Å².